The molecule has 0 unspecified atom stereocenters. The van der Waals surface area contributed by atoms with Gasteiger partial charge in [0.2, 0.25) is 5.91 Å². The first kappa shape index (κ1) is 23.1. The molecule has 170 valence electrons. The van der Waals surface area contributed by atoms with Gasteiger partial charge in [0.15, 0.2) is 17.5 Å². The number of hydrogen-bond donors (Lipinski definition) is 2. The minimum atomic E-state index is -0.917. The predicted molar refractivity (Wildman–Crippen MR) is 125 cm³/mol. The Labute approximate surface area is 200 Å². The SMILES string of the molecule is C/C(=C1/SC(=S)N(CCC(=O)NCc2nn[nH]n2)C1=O)c1cc(-c2ccc(F)c(F)c2)cs1. The second kappa shape index (κ2) is 9.85. The normalized spacial score (nSPS) is 15.3. The van der Waals surface area contributed by atoms with Gasteiger partial charge in [-0.1, -0.05) is 35.3 Å². The summed E-state index contributed by atoms with van der Waals surface area (Å²) in [7, 11) is 0. The number of hydrogen-bond acceptors (Lipinski definition) is 8. The first-order valence-electron chi connectivity index (χ1n) is 9.61. The average molecular weight is 507 g/mol. The van der Waals surface area contributed by atoms with Crippen molar-refractivity contribution in [2.24, 2.45) is 0 Å². The first-order chi connectivity index (χ1) is 15.8. The largest absolute Gasteiger partial charge is 0.349 e. The lowest BCUT2D eigenvalue weighted by Gasteiger charge is -2.14. The fraction of sp³-hybridized carbons (Fsp3) is 0.200. The van der Waals surface area contributed by atoms with Crippen LogP contribution in [-0.4, -0.2) is 48.2 Å². The zero-order chi connectivity index (χ0) is 23.5. The maximum absolute atomic E-state index is 13.6. The molecular weight excluding hydrogens is 490 g/mol. The van der Waals surface area contributed by atoms with Crippen molar-refractivity contribution in [3.05, 3.63) is 56.9 Å². The van der Waals surface area contributed by atoms with Gasteiger partial charge in [-0.25, -0.2) is 8.78 Å². The summed E-state index contributed by atoms with van der Waals surface area (Å²) in [4.78, 5) is 27.7. The molecule has 4 rings (SSSR count). The number of nitrogens with zero attached hydrogens (tertiary/aromatic N) is 4. The lowest BCUT2D eigenvalue weighted by Crippen LogP contribution is -2.33. The number of carbonyl (C=O) groups excluding carboxylic acids is 2. The number of aromatic amines is 1. The van der Waals surface area contributed by atoms with E-state index in [2.05, 4.69) is 25.9 Å². The maximum Gasteiger partial charge on any atom is 0.266 e. The van der Waals surface area contributed by atoms with Crippen LogP contribution >= 0.6 is 35.3 Å². The Morgan fingerprint density at radius 1 is 1.24 bits per heavy atom. The first-order valence-corrected chi connectivity index (χ1v) is 11.7. The van der Waals surface area contributed by atoms with Gasteiger partial charge in [-0.3, -0.25) is 14.5 Å². The van der Waals surface area contributed by atoms with Gasteiger partial charge in [-0.2, -0.15) is 5.21 Å². The summed E-state index contributed by atoms with van der Waals surface area (Å²) in [5, 5.41) is 17.7. The molecule has 13 heteroatoms. The zero-order valence-electron chi connectivity index (χ0n) is 17.1. The number of aromatic nitrogens is 4. The number of nitrogens with one attached hydrogen (secondary N) is 2. The molecule has 2 amide bonds. The van der Waals surface area contributed by atoms with Gasteiger partial charge in [-0.15, -0.1) is 21.5 Å². The molecule has 1 saturated heterocycles. The maximum atomic E-state index is 13.6. The Bertz CT molecular complexity index is 1260. The lowest BCUT2D eigenvalue weighted by molar-refractivity contribution is -0.124. The van der Waals surface area contributed by atoms with Crippen molar-refractivity contribution in [2.45, 2.75) is 19.9 Å². The van der Waals surface area contributed by atoms with Gasteiger partial charge in [0.05, 0.1) is 11.4 Å². The van der Waals surface area contributed by atoms with Crippen molar-refractivity contribution in [1.29, 1.82) is 0 Å². The molecule has 1 aliphatic heterocycles. The number of thiocarbonyl (C=S) groups is 1. The molecule has 0 bridgehead atoms. The number of thiophene rings is 1. The number of allylic oxidation sites excluding steroid dienone is 1. The van der Waals surface area contributed by atoms with E-state index < -0.39 is 11.6 Å². The van der Waals surface area contributed by atoms with Crippen molar-refractivity contribution in [3.8, 4) is 11.1 Å². The Kier molecular flexibility index (Phi) is 6.91. The van der Waals surface area contributed by atoms with Crippen LogP contribution in [0, 0.1) is 11.6 Å². The van der Waals surface area contributed by atoms with E-state index in [4.69, 9.17) is 12.2 Å². The van der Waals surface area contributed by atoms with Crippen LogP contribution in [0.15, 0.2) is 34.6 Å². The molecule has 8 nitrogen and oxygen atoms in total. The van der Waals surface area contributed by atoms with Gasteiger partial charge >= 0.3 is 0 Å². The summed E-state index contributed by atoms with van der Waals surface area (Å²) in [5.74, 6) is -2.01. The van der Waals surface area contributed by atoms with Gasteiger partial charge < -0.3 is 5.32 Å². The van der Waals surface area contributed by atoms with Crippen LogP contribution in [-0.2, 0) is 16.1 Å². The third-order valence-electron chi connectivity index (χ3n) is 4.81. The molecule has 0 atom stereocenters. The van der Waals surface area contributed by atoms with Crippen molar-refractivity contribution in [3.63, 3.8) is 0 Å². The Balaban J connectivity index is 1.42. The molecule has 3 aromatic rings. The summed E-state index contributed by atoms with van der Waals surface area (Å²) < 4.78 is 27.2. The second-order valence-electron chi connectivity index (χ2n) is 6.96. The van der Waals surface area contributed by atoms with Gasteiger partial charge in [0.1, 0.15) is 4.32 Å². The standard InChI is InChI=1S/C20H16F2N6O2S3/c1-10(15-7-12(9-32-15)11-2-3-13(21)14(22)6-11)18-19(30)28(20(31)33-18)5-4-17(29)23-8-16-24-26-27-25-16/h2-3,6-7,9H,4-5,8H2,1H3,(H,23,29)(H,24,25,26,27)/b18-10-. The van der Waals surface area contributed by atoms with Crippen LogP contribution < -0.4 is 5.32 Å². The number of halogens is 2. The van der Waals surface area contributed by atoms with Crippen LogP contribution in [0.4, 0.5) is 8.78 Å². The summed E-state index contributed by atoms with van der Waals surface area (Å²) in [6.45, 7) is 2.08. The summed E-state index contributed by atoms with van der Waals surface area (Å²) >= 11 is 7.92. The van der Waals surface area contributed by atoms with E-state index in [1.54, 1.807) is 0 Å². The van der Waals surface area contributed by atoms with E-state index in [0.717, 1.165) is 28.1 Å². The molecule has 33 heavy (non-hydrogen) atoms. The highest BCUT2D eigenvalue weighted by molar-refractivity contribution is 8.26. The van der Waals surface area contributed by atoms with E-state index in [-0.39, 0.29) is 31.3 Å². The summed E-state index contributed by atoms with van der Waals surface area (Å²) in [5.41, 5.74) is 2.00. The minimum absolute atomic E-state index is 0.0654. The topological polar surface area (TPSA) is 104 Å². The van der Waals surface area contributed by atoms with Crippen molar-refractivity contribution in [1.82, 2.24) is 30.8 Å². The highest BCUT2D eigenvalue weighted by Gasteiger charge is 2.34. The van der Waals surface area contributed by atoms with E-state index in [9.17, 15) is 18.4 Å². The number of tetrazole rings is 1. The van der Waals surface area contributed by atoms with Crippen LogP contribution in [0.2, 0.25) is 0 Å². The third-order valence-corrected chi connectivity index (χ3v) is 7.41. The molecule has 1 fully saturated rings. The zero-order valence-corrected chi connectivity index (χ0v) is 19.5. The van der Waals surface area contributed by atoms with Crippen LogP contribution in [0.5, 0.6) is 0 Å². The fourth-order valence-electron chi connectivity index (χ4n) is 3.03. The van der Waals surface area contributed by atoms with Crippen molar-refractivity contribution in [2.75, 3.05) is 6.54 Å². The number of H-pyrrole nitrogens is 1. The molecule has 1 aliphatic rings. The van der Waals surface area contributed by atoms with E-state index in [1.807, 2.05) is 18.4 Å². The predicted octanol–water partition coefficient (Wildman–Crippen LogP) is 3.50. The fourth-order valence-corrected chi connectivity index (χ4v) is 5.37. The molecule has 0 radical (unpaired) electrons. The monoisotopic (exact) mass is 506 g/mol. The summed E-state index contributed by atoms with van der Waals surface area (Å²) in [6.07, 6.45) is 0.0654. The molecule has 3 heterocycles. The van der Waals surface area contributed by atoms with E-state index in [1.165, 1.54) is 34.1 Å². The van der Waals surface area contributed by atoms with Crippen molar-refractivity contribution >= 4 is 57.0 Å². The number of benzene rings is 1. The molecule has 0 aliphatic carbocycles. The minimum Gasteiger partial charge on any atom is -0.349 e. The Morgan fingerprint density at radius 2 is 2.06 bits per heavy atom. The highest BCUT2D eigenvalue weighted by atomic mass is 32.2. The molecular formula is C20H16F2N6O2S3. The van der Waals surface area contributed by atoms with Gasteiger partial charge in [0.25, 0.3) is 5.91 Å². The van der Waals surface area contributed by atoms with Crippen LogP contribution in [0.25, 0.3) is 16.7 Å². The Hall–Kier alpha value is -3.03. The quantitative estimate of drug-likeness (QED) is 0.373. The average Bonchev–Trinajstić information content (AvgIpc) is 3.54. The van der Waals surface area contributed by atoms with E-state index in [0.29, 0.717) is 20.6 Å². The molecule has 2 aromatic heterocycles. The number of thioether (sulfide) groups is 1. The lowest BCUT2D eigenvalue weighted by atomic mass is 10.1. The smallest absolute Gasteiger partial charge is 0.266 e. The number of amides is 2. The number of rotatable bonds is 7. The third kappa shape index (κ3) is 5.15. The molecule has 0 spiro atoms. The number of carbonyl (C=O) groups is 2. The molecule has 2 N–H and O–H groups in total. The second-order valence-corrected chi connectivity index (χ2v) is 9.52. The van der Waals surface area contributed by atoms with Gasteiger partial charge in [-0.05, 0) is 47.2 Å². The molecule has 1 aromatic carbocycles. The highest BCUT2D eigenvalue weighted by Crippen LogP contribution is 2.39. The van der Waals surface area contributed by atoms with Crippen LogP contribution in [0.3, 0.4) is 0 Å². The van der Waals surface area contributed by atoms with Crippen LogP contribution in [0.1, 0.15) is 24.0 Å². The van der Waals surface area contributed by atoms with E-state index >= 15 is 0 Å². The molecule has 0 saturated carbocycles. The van der Waals surface area contributed by atoms with Gasteiger partial charge in [0, 0.05) is 17.8 Å². The van der Waals surface area contributed by atoms with Crippen molar-refractivity contribution < 1.29 is 18.4 Å². The Morgan fingerprint density at radius 3 is 2.79 bits per heavy atom. The summed E-state index contributed by atoms with van der Waals surface area (Å²) in [6, 6.07) is 5.55.